The summed E-state index contributed by atoms with van der Waals surface area (Å²) in [7, 11) is 0. The molecule has 1 aliphatic rings. The molecule has 0 bridgehead atoms. The SMILES string of the molecule is Cc1nc(OCC2CNCC(C)O2)ccc1Br. The minimum absolute atomic E-state index is 0.101. The third-order valence-corrected chi connectivity index (χ3v) is 3.48. The van der Waals surface area contributed by atoms with E-state index in [1.54, 1.807) is 0 Å². The molecule has 1 saturated heterocycles. The normalized spacial score (nSPS) is 24.6. The van der Waals surface area contributed by atoms with E-state index in [1.807, 2.05) is 19.1 Å². The molecule has 2 unspecified atom stereocenters. The third-order valence-electron chi connectivity index (χ3n) is 2.64. The molecule has 1 fully saturated rings. The molecule has 1 aromatic heterocycles. The van der Waals surface area contributed by atoms with Crippen LogP contribution in [0.2, 0.25) is 0 Å². The van der Waals surface area contributed by atoms with E-state index >= 15 is 0 Å². The largest absolute Gasteiger partial charge is 0.475 e. The van der Waals surface area contributed by atoms with E-state index in [9.17, 15) is 0 Å². The van der Waals surface area contributed by atoms with Crippen molar-refractivity contribution in [1.29, 1.82) is 0 Å². The van der Waals surface area contributed by atoms with Gasteiger partial charge in [0.1, 0.15) is 12.7 Å². The van der Waals surface area contributed by atoms with Gasteiger partial charge < -0.3 is 14.8 Å². The molecular weight excluding hydrogens is 284 g/mol. The molecule has 1 N–H and O–H groups in total. The van der Waals surface area contributed by atoms with Gasteiger partial charge in [-0.3, -0.25) is 0 Å². The van der Waals surface area contributed by atoms with Gasteiger partial charge in [0.25, 0.3) is 0 Å². The van der Waals surface area contributed by atoms with Gasteiger partial charge in [0.2, 0.25) is 5.88 Å². The van der Waals surface area contributed by atoms with Crippen molar-refractivity contribution in [1.82, 2.24) is 10.3 Å². The summed E-state index contributed by atoms with van der Waals surface area (Å²) in [6.45, 7) is 6.27. The molecule has 0 saturated carbocycles. The second-order valence-electron chi connectivity index (χ2n) is 4.25. The lowest BCUT2D eigenvalue weighted by Gasteiger charge is -2.28. The lowest BCUT2D eigenvalue weighted by Crippen LogP contribution is -2.45. The Morgan fingerprint density at radius 2 is 2.35 bits per heavy atom. The maximum absolute atomic E-state index is 5.74. The van der Waals surface area contributed by atoms with Crippen molar-refractivity contribution >= 4 is 15.9 Å². The molecule has 1 aromatic rings. The number of aryl methyl sites for hydroxylation is 1. The van der Waals surface area contributed by atoms with Crippen molar-refractivity contribution in [2.24, 2.45) is 0 Å². The molecule has 0 radical (unpaired) electrons. The van der Waals surface area contributed by atoms with Crippen molar-refractivity contribution in [3.63, 3.8) is 0 Å². The zero-order valence-electron chi connectivity index (χ0n) is 10.1. The fourth-order valence-corrected chi connectivity index (χ4v) is 1.97. The Balaban J connectivity index is 1.86. The zero-order valence-corrected chi connectivity index (χ0v) is 11.7. The summed E-state index contributed by atoms with van der Waals surface area (Å²) < 4.78 is 12.4. The number of ether oxygens (including phenoxy) is 2. The van der Waals surface area contributed by atoms with Crippen LogP contribution in [0.4, 0.5) is 0 Å². The average Bonchev–Trinajstić information content (AvgIpc) is 2.31. The van der Waals surface area contributed by atoms with Gasteiger partial charge in [-0.25, -0.2) is 4.98 Å². The number of halogens is 1. The first-order valence-corrected chi connectivity index (χ1v) is 6.56. The first-order valence-electron chi connectivity index (χ1n) is 5.77. The number of rotatable bonds is 3. The van der Waals surface area contributed by atoms with Crippen molar-refractivity contribution < 1.29 is 9.47 Å². The molecule has 0 aliphatic carbocycles. The van der Waals surface area contributed by atoms with Crippen LogP contribution >= 0.6 is 15.9 Å². The fraction of sp³-hybridized carbons (Fsp3) is 0.583. The van der Waals surface area contributed by atoms with Gasteiger partial charge in [0.05, 0.1) is 11.8 Å². The minimum Gasteiger partial charge on any atom is -0.475 e. The van der Waals surface area contributed by atoms with Crippen LogP contribution in [-0.4, -0.2) is 36.9 Å². The number of hydrogen-bond acceptors (Lipinski definition) is 4. The van der Waals surface area contributed by atoms with Crippen molar-refractivity contribution in [3.8, 4) is 5.88 Å². The summed E-state index contributed by atoms with van der Waals surface area (Å²) >= 11 is 3.41. The Bertz CT molecular complexity index is 387. The van der Waals surface area contributed by atoms with Crippen molar-refractivity contribution in [2.75, 3.05) is 19.7 Å². The van der Waals surface area contributed by atoms with Crippen molar-refractivity contribution in [3.05, 3.63) is 22.3 Å². The smallest absolute Gasteiger partial charge is 0.213 e. The first-order chi connectivity index (χ1) is 8.15. The van der Waals surface area contributed by atoms with Gasteiger partial charge in [-0.2, -0.15) is 0 Å². The maximum atomic E-state index is 5.74. The number of aromatic nitrogens is 1. The first kappa shape index (κ1) is 12.8. The number of hydrogen-bond donors (Lipinski definition) is 1. The lowest BCUT2D eigenvalue weighted by molar-refractivity contribution is -0.0476. The summed E-state index contributed by atoms with van der Waals surface area (Å²) in [5.74, 6) is 0.646. The highest BCUT2D eigenvalue weighted by molar-refractivity contribution is 9.10. The molecule has 4 nitrogen and oxygen atoms in total. The maximum Gasteiger partial charge on any atom is 0.213 e. The molecule has 0 spiro atoms. The number of pyridine rings is 1. The van der Waals surface area contributed by atoms with Crippen LogP contribution in [0.3, 0.4) is 0 Å². The minimum atomic E-state index is 0.101. The molecule has 5 heteroatoms. The van der Waals surface area contributed by atoms with Crippen molar-refractivity contribution in [2.45, 2.75) is 26.1 Å². The number of nitrogens with zero attached hydrogens (tertiary/aromatic N) is 1. The zero-order chi connectivity index (χ0) is 12.3. The predicted molar refractivity (Wildman–Crippen MR) is 69.4 cm³/mol. The van der Waals surface area contributed by atoms with Crippen LogP contribution in [-0.2, 0) is 4.74 Å². The van der Waals surface area contributed by atoms with E-state index in [0.717, 1.165) is 23.3 Å². The number of morpholine rings is 1. The summed E-state index contributed by atoms with van der Waals surface area (Å²) in [6, 6.07) is 3.80. The molecule has 0 aromatic carbocycles. The second kappa shape index (κ2) is 5.80. The molecule has 2 rings (SSSR count). The predicted octanol–water partition coefficient (Wildman–Crippen LogP) is 1.91. The van der Waals surface area contributed by atoms with E-state index < -0.39 is 0 Å². The third kappa shape index (κ3) is 3.66. The molecule has 2 heterocycles. The van der Waals surface area contributed by atoms with Gasteiger partial charge in [-0.1, -0.05) is 0 Å². The number of nitrogens with one attached hydrogen (secondary N) is 1. The second-order valence-corrected chi connectivity index (χ2v) is 5.11. The van der Waals surface area contributed by atoms with Crippen LogP contribution in [0.25, 0.3) is 0 Å². The highest BCUT2D eigenvalue weighted by Gasteiger charge is 2.19. The van der Waals surface area contributed by atoms with Gasteiger partial charge in [-0.15, -0.1) is 0 Å². The fourth-order valence-electron chi connectivity index (χ4n) is 1.75. The molecular formula is C12H17BrN2O2. The molecule has 0 amide bonds. The Hall–Kier alpha value is -0.650. The van der Waals surface area contributed by atoms with Gasteiger partial charge in [0.15, 0.2) is 0 Å². The average molecular weight is 301 g/mol. The van der Waals surface area contributed by atoms with E-state index in [1.165, 1.54) is 0 Å². The van der Waals surface area contributed by atoms with Crippen LogP contribution in [0, 0.1) is 6.92 Å². The van der Waals surface area contributed by atoms with Crippen LogP contribution in [0.15, 0.2) is 16.6 Å². The van der Waals surface area contributed by atoms with E-state index in [0.29, 0.717) is 12.5 Å². The van der Waals surface area contributed by atoms with Crippen LogP contribution < -0.4 is 10.1 Å². The lowest BCUT2D eigenvalue weighted by atomic mass is 10.2. The Kier molecular flexibility index (Phi) is 4.36. The van der Waals surface area contributed by atoms with Crippen LogP contribution in [0.5, 0.6) is 5.88 Å². The Morgan fingerprint density at radius 1 is 1.53 bits per heavy atom. The standard InChI is InChI=1S/C12H17BrN2O2/c1-8-5-14-6-10(17-8)7-16-12-4-3-11(13)9(2)15-12/h3-4,8,10,14H,5-7H2,1-2H3. The Labute approximate surface area is 110 Å². The Morgan fingerprint density at radius 3 is 3.06 bits per heavy atom. The summed E-state index contributed by atoms with van der Waals surface area (Å²) in [5, 5.41) is 3.31. The molecule has 94 valence electrons. The monoisotopic (exact) mass is 300 g/mol. The quantitative estimate of drug-likeness (QED) is 0.926. The summed E-state index contributed by atoms with van der Waals surface area (Å²) in [5.41, 5.74) is 0.929. The van der Waals surface area contributed by atoms with Gasteiger partial charge in [-0.05, 0) is 35.8 Å². The van der Waals surface area contributed by atoms with E-state index in [-0.39, 0.29) is 12.2 Å². The molecule has 2 atom stereocenters. The molecule has 17 heavy (non-hydrogen) atoms. The van der Waals surface area contributed by atoms with Gasteiger partial charge >= 0.3 is 0 Å². The van der Waals surface area contributed by atoms with E-state index in [4.69, 9.17) is 9.47 Å². The summed E-state index contributed by atoms with van der Waals surface area (Å²) in [4.78, 5) is 4.33. The highest BCUT2D eigenvalue weighted by atomic mass is 79.9. The topological polar surface area (TPSA) is 43.4 Å². The van der Waals surface area contributed by atoms with Crippen LogP contribution in [0.1, 0.15) is 12.6 Å². The highest BCUT2D eigenvalue weighted by Crippen LogP contribution is 2.18. The van der Waals surface area contributed by atoms with Gasteiger partial charge in [0, 0.05) is 23.6 Å². The molecule has 1 aliphatic heterocycles. The summed E-state index contributed by atoms with van der Waals surface area (Å²) in [6.07, 6.45) is 0.349. The van der Waals surface area contributed by atoms with E-state index in [2.05, 4.69) is 33.2 Å².